The second-order valence-corrected chi connectivity index (χ2v) is 6.74. The monoisotopic (exact) mass is 336 g/mol. The van der Waals surface area contributed by atoms with Gasteiger partial charge in [-0.15, -0.1) is 11.3 Å². The second-order valence-electron chi connectivity index (χ2n) is 5.84. The van der Waals surface area contributed by atoms with E-state index in [4.69, 9.17) is 0 Å². The number of piperidine rings is 1. The lowest BCUT2D eigenvalue weighted by atomic mass is 10.1. The van der Waals surface area contributed by atoms with Gasteiger partial charge in [0.15, 0.2) is 5.13 Å². The van der Waals surface area contributed by atoms with Crippen LogP contribution in [0.15, 0.2) is 11.6 Å². The Bertz CT molecular complexity index is 590. The topological polar surface area (TPSA) is 82.6 Å². The number of aromatic nitrogens is 1. The molecule has 0 aromatic carbocycles. The molecule has 2 fully saturated rings. The van der Waals surface area contributed by atoms with Gasteiger partial charge in [0, 0.05) is 31.1 Å². The van der Waals surface area contributed by atoms with Crippen molar-refractivity contribution in [2.45, 2.75) is 38.1 Å². The van der Waals surface area contributed by atoms with Gasteiger partial charge in [-0.3, -0.25) is 14.4 Å². The summed E-state index contributed by atoms with van der Waals surface area (Å²) in [6.07, 6.45) is 5.42. The zero-order valence-corrected chi connectivity index (χ0v) is 13.7. The molecule has 1 aromatic heterocycles. The highest BCUT2D eigenvalue weighted by Crippen LogP contribution is 2.21. The van der Waals surface area contributed by atoms with Crippen molar-refractivity contribution in [1.82, 2.24) is 14.8 Å². The molecule has 23 heavy (non-hydrogen) atoms. The fourth-order valence-corrected chi connectivity index (χ4v) is 3.63. The SMILES string of the molecule is O=C(Nc1nccs1)C1CCCN1C(=O)CN1CCCCC1=O. The van der Waals surface area contributed by atoms with E-state index in [2.05, 4.69) is 10.3 Å². The molecule has 3 rings (SSSR count). The van der Waals surface area contributed by atoms with Crippen LogP contribution in [0.4, 0.5) is 5.13 Å². The zero-order chi connectivity index (χ0) is 16.2. The number of anilines is 1. The van der Waals surface area contributed by atoms with E-state index >= 15 is 0 Å². The normalized spacial score (nSPS) is 21.6. The molecule has 8 heteroatoms. The van der Waals surface area contributed by atoms with Crippen LogP contribution >= 0.6 is 11.3 Å². The lowest BCUT2D eigenvalue weighted by Crippen LogP contribution is -2.49. The van der Waals surface area contributed by atoms with Gasteiger partial charge in [0.05, 0.1) is 6.54 Å². The third-order valence-corrected chi connectivity index (χ3v) is 4.97. The number of nitrogens with zero attached hydrogens (tertiary/aromatic N) is 3. The Hall–Kier alpha value is -1.96. The number of carbonyl (C=O) groups is 3. The summed E-state index contributed by atoms with van der Waals surface area (Å²) in [7, 11) is 0. The molecule has 2 saturated heterocycles. The van der Waals surface area contributed by atoms with E-state index in [1.807, 2.05) is 0 Å². The van der Waals surface area contributed by atoms with Crippen molar-refractivity contribution >= 4 is 34.2 Å². The standard InChI is InChI=1S/C15H20N4O3S/c20-12-5-1-2-7-18(12)10-13(21)19-8-3-4-11(19)14(22)17-15-16-6-9-23-15/h6,9,11H,1-5,7-8,10H2,(H,16,17,22). The summed E-state index contributed by atoms with van der Waals surface area (Å²) in [6, 6.07) is -0.466. The number of rotatable bonds is 4. The maximum absolute atomic E-state index is 12.5. The lowest BCUT2D eigenvalue weighted by molar-refractivity contribution is -0.143. The summed E-state index contributed by atoms with van der Waals surface area (Å²) < 4.78 is 0. The molecule has 124 valence electrons. The first-order chi connectivity index (χ1) is 11.1. The van der Waals surface area contributed by atoms with E-state index in [1.165, 1.54) is 11.3 Å². The summed E-state index contributed by atoms with van der Waals surface area (Å²) in [4.78, 5) is 44.0. The minimum atomic E-state index is -0.466. The van der Waals surface area contributed by atoms with Gasteiger partial charge >= 0.3 is 0 Å². The predicted molar refractivity (Wildman–Crippen MR) is 85.9 cm³/mol. The van der Waals surface area contributed by atoms with Crippen molar-refractivity contribution in [1.29, 1.82) is 0 Å². The smallest absolute Gasteiger partial charge is 0.248 e. The first kappa shape index (κ1) is 15.9. The number of nitrogens with one attached hydrogen (secondary N) is 1. The van der Waals surface area contributed by atoms with E-state index in [9.17, 15) is 14.4 Å². The van der Waals surface area contributed by atoms with Crippen molar-refractivity contribution in [3.8, 4) is 0 Å². The van der Waals surface area contributed by atoms with Gasteiger partial charge in [-0.1, -0.05) is 0 Å². The Morgan fingerprint density at radius 2 is 2.17 bits per heavy atom. The number of hydrogen-bond acceptors (Lipinski definition) is 5. The van der Waals surface area contributed by atoms with Crippen LogP contribution in [0, 0.1) is 0 Å². The Kier molecular flexibility index (Phi) is 4.90. The molecule has 0 radical (unpaired) electrons. The van der Waals surface area contributed by atoms with Crippen molar-refractivity contribution in [3.05, 3.63) is 11.6 Å². The number of hydrogen-bond donors (Lipinski definition) is 1. The third kappa shape index (κ3) is 3.69. The molecule has 1 N–H and O–H groups in total. The van der Waals surface area contributed by atoms with Crippen LogP contribution < -0.4 is 5.32 Å². The summed E-state index contributed by atoms with van der Waals surface area (Å²) in [5.74, 6) is -0.305. The molecule has 1 aromatic rings. The van der Waals surface area contributed by atoms with Gasteiger partial charge in [0.25, 0.3) is 0 Å². The first-order valence-electron chi connectivity index (χ1n) is 7.93. The second kappa shape index (κ2) is 7.08. The van der Waals surface area contributed by atoms with Crippen molar-refractivity contribution in [2.75, 3.05) is 25.0 Å². The van der Waals surface area contributed by atoms with Crippen molar-refractivity contribution < 1.29 is 14.4 Å². The summed E-state index contributed by atoms with van der Waals surface area (Å²) >= 11 is 1.35. The molecule has 0 aliphatic carbocycles. The molecule has 0 bridgehead atoms. The molecule has 7 nitrogen and oxygen atoms in total. The highest BCUT2D eigenvalue weighted by atomic mass is 32.1. The van der Waals surface area contributed by atoms with E-state index in [0.717, 1.165) is 19.3 Å². The highest BCUT2D eigenvalue weighted by Gasteiger charge is 2.35. The van der Waals surface area contributed by atoms with Crippen LogP contribution in [-0.2, 0) is 14.4 Å². The quantitative estimate of drug-likeness (QED) is 0.892. The van der Waals surface area contributed by atoms with Crippen LogP contribution in [-0.4, -0.2) is 58.2 Å². The molecule has 2 aliphatic heterocycles. The molecular formula is C15H20N4O3S. The Morgan fingerprint density at radius 1 is 1.30 bits per heavy atom. The first-order valence-corrected chi connectivity index (χ1v) is 8.81. The van der Waals surface area contributed by atoms with Gasteiger partial charge in [-0.05, 0) is 25.7 Å². The van der Waals surface area contributed by atoms with E-state index in [0.29, 0.717) is 31.1 Å². The van der Waals surface area contributed by atoms with E-state index < -0.39 is 6.04 Å². The largest absolute Gasteiger partial charge is 0.333 e. The zero-order valence-electron chi connectivity index (χ0n) is 12.9. The molecular weight excluding hydrogens is 316 g/mol. The minimum absolute atomic E-state index is 0.0348. The van der Waals surface area contributed by atoms with Gasteiger partial charge in [-0.2, -0.15) is 0 Å². The highest BCUT2D eigenvalue weighted by molar-refractivity contribution is 7.13. The minimum Gasteiger partial charge on any atom is -0.333 e. The molecule has 0 spiro atoms. The molecule has 1 atom stereocenters. The fraction of sp³-hybridized carbons (Fsp3) is 0.600. The van der Waals surface area contributed by atoms with Crippen LogP contribution in [0.25, 0.3) is 0 Å². The number of amides is 3. The lowest BCUT2D eigenvalue weighted by Gasteiger charge is -2.30. The average Bonchev–Trinajstić information content (AvgIpc) is 3.20. The Balaban J connectivity index is 1.60. The van der Waals surface area contributed by atoms with Crippen LogP contribution in [0.2, 0.25) is 0 Å². The van der Waals surface area contributed by atoms with Crippen LogP contribution in [0.3, 0.4) is 0 Å². The molecule has 3 amide bonds. The van der Waals surface area contributed by atoms with Crippen molar-refractivity contribution in [3.63, 3.8) is 0 Å². The van der Waals surface area contributed by atoms with Gasteiger partial charge in [0.2, 0.25) is 17.7 Å². The van der Waals surface area contributed by atoms with E-state index in [1.54, 1.807) is 21.4 Å². The van der Waals surface area contributed by atoms with Gasteiger partial charge in [0.1, 0.15) is 6.04 Å². The van der Waals surface area contributed by atoms with Gasteiger partial charge < -0.3 is 15.1 Å². The molecule has 2 aliphatic rings. The molecule has 1 unspecified atom stereocenters. The average molecular weight is 336 g/mol. The number of thiazole rings is 1. The van der Waals surface area contributed by atoms with Crippen molar-refractivity contribution in [2.24, 2.45) is 0 Å². The maximum Gasteiger partial charge on any atom is 0.248 e. The van der Waals surface area contributed by atoms with Crippen LogP contribution in [0.5, 0.6) is 0 Å². The maximum atomic E-state index is 12.5. The summed E-state index contributed by atoms with van der Waals surface area (Å²) in [5.41, 5.74) is 0. The number of likely N-dealkylation sites (tertiary alicyclic amines) is 2. The summed E-state index contributed by atoms with van der Waals surface area (Å²) in [6.45, 7) is 1.28. The fourth-order valence-electron chi connectivity index (χ4n) is 3.09. The van der Waals surface area contributed by atoms with Crippen LogP contribution in [0.1, 0.15) is 32.1 Å². The predicted octanol–water partition coefficient (Wildman–Crippen LogP) is 1.09. The summed E-state index contributed by atoms with van der Waals surface area (Å²) in [5, 5.41) is 5.08. The van der Waals surface area contributed by atoms with Gasteiger partial charge in [-0.25, -0.2) is 4.98 Å². The third-order valence-electron chi connectivity index (χ3n) is 4.29. The molecule has 3 heterocycles. The Labute approximate surface area is 138 Å². The Morgan fingerprint density at radius 3 is 2.91 bits per heavy atom. The van der Waals surface area contributed by atoms with E-state index in [-0.39, 0.29) is 24.3 Å². The number of carbonyl (C=O) groups excluding carboxylic acids is 3. The molecule has 0 saturated carbocycles.